The number of hydrogen-bond donors (Lipinski definition) is 2. The molecule has 0 radical (unpaired) electrons. The molecule has 0 aliphatic heterocycles. The molecule has 2 aromatic heterocycles. The second kappa shape index (κ2) is 5.75. The van der Waals surface area contributed by atoms with Gasteiger partial charge in [0, 0.05) is 22.7 Å². The SMILES string of the molecule is O=C(Nc1nc2[nH]nc(/N=C/c3ccccc3Cl)c2s1)C1CC1. The first-order valence-corrected chi connectivity index (χ1v) is 8.34. The molecule has 0 saturated heterocycles. The van der Waals surface area contributed by atoms with Crippen molar-refractivity contribution in [1.82, 2.24) is 15.2 Å². The molecule has 1 fully saturated rings. The van der Waals surface area contributed by atoms with E-state index in [0.29, 0.717) is 21.6 Å². The maximum atomic E-state index is 11.8. The van der Waals surface area contributed by atoms with Gasteiger partial charge in [0.05, 0.1) is 0 Å². The maximum Gasteiger partial charge on any atom is 0.229 e. The van der Waals surface area contributed by atoms with Crippen LogP contribution in [-0.2, 0) is 4.79 Å². The minimum Gasteiger partial charge on any atom is -0.302 e. The number of nitrogens with one attached hydrogen (secondary N) is 2. The average Bonchev–Trinajstić information content (AvgIpc) is 3.22. The van der Waals surface area contributed by atoms with Gasteiger partial charge in [-0.25, -0.2) is 9.98 Å². The molecule has 0 unspecified atom stereocenters. The van der Waals surface area contributed by atoms with Gasteiger partial charge in [0.2, 0.25) is 5.91 Å². The van der Waals surface area contributed by atoms with Crippen molar-refractivity contribution in [2.24, 2.45) is 10.9 Å². The van der Waals surface area contributed by atoms with Gasteiger partial charge in [-0.2, -0.15) is 5.10 Å². The smallest absolute Gasteiger partial charge is 0.229 e. The monoisotopic (exact) mass is 345 g/mol. The normalized spacial score (nSPS) is 14.7. The molecule has 8 heteroatoms. The number of nitrogens with zero attached hydrogens (tertiary/aromatic N) is 3. The largest absolute Gasteiger partial charge is 0.302 e. The number of aromatic nitrogens is 3. The molecule has 1 aromatic carbocycles. The van der Waals surface area contributed by atoms with E-state index in [4.69, 9.17) is 11.6 Å². The van der Waals surface area contributed by atoms with Crippen molar-refractivity contribution in [3.8, 4) is 0 Å². The summed E-state index contributed by atoms with van der Waals surface area (Å²) in [5, 5.41) is 11.0. The molecular weight excluding hydrogens is 334 g/mol. The molecule has 0 spiro atoms. The van der Waals surface area contributed by atoms with Crippen LogP contribution in [0.4, 0.5) is 10.9 Å². The standard InChI is InChI=1S/C15H12ClN5OS/c16-10-4-2-1-3-9(10)7-17-12-11-13(21-20-12)18-15(23-11)19-14(22)8-5-6-8/h1-4,7-8H,5-6H2,(H2,18,19,20,21,22)/b17-7+. The fourth-order valence-corrected chi connectivity index (χ4v) is 3.15. The molecule has 1 amide bonds. The van der Waals surface area contributed by atoms with Gasteiger partial charge in [0.25, 0.3) is 0 Å². The predicted molar refractivity (Wildman–Crippen MR) is 91.8 cm³/mol. The summed E-state index contributed by atoms with van der Waals surface area (Å²) in [5.74, 6) is 0.716. The first-order valence-electron chi connectivity index (χ1n) is 7.15. The lowest BCUT2D eigenvalue weighted by atomic mass is 10.2. The highest BCUT2D eigenvalue weighted by Crippen LogP contribution is 2.34. The van der Waals surface area contributed by atoms with Gasteiger partial charge in [0.15, 0.2) is 16.6 Å². The molecule has 0 atom stereocenters. The molecule has 116 valence electrons. The van der Waals surface area contributed by atoms with Crippen LogP contribution in [-0.4, -0.2) is 27.3 Å². The van der Waals surface area contributed by atoms with Crippen LogP contribution in [0.1, 0.15) is 18.4 Å². The summed E-state index contributed by atoms with van der Waals surface area (Å²) in [4.78, 5) is 20.5. The van der Waals surface area contributed by atoms with E-state index in [1.165, 1.54) is 11.3 Å². The number of hydrogen-bond acceptors (Lipinski definition) is 5. The number of carbonyl (C=O) groups is 1. The van der Waals surface area contributed by atoms with E-state index in [1.54, 1.807) is 12.3 Å². The van der Waals surface area contributed by atoms with Crippen LogP contribution in [0.15, 0.2) is 29.3 Å². The Hall–Kier alpha value is -2.25. The summed E-state index contributed by atoms with van der Waals surface area (Å²) in [7, 11) is 0. The fourth-order valence-electron chi connectivity index (χ4n) is 2.11. The Morgan fingerprint density at radius 1 is 1.43 bits per heavy atom. The highest BCUT2D eigenvalue weighted by molar-refractivity contribution is 7.22. The van der Waals surface area contributed by atoms with Gasteiger partial charge in [-0.15, -0.1) is 0 Å². The van der Waals surface area contributed by atoms with Crippen molar-refractivity contribution in [2.45, 2.75) is 12.8 Å². The number of H-pyrrole nitrogens is 1. The summed E-state index contributed by atoms with van der Waals surface area (Å²) in [6.45, 7) is 0. The van der Waals surface area contributed by atoms with E-state index >= 15 is 0 Å². The number of thiazole rings is 1. The Balaban J connectivity index is 1.59. The van der Waals surface area contributed by atoms with E-state index in [0.717, 1.165) is 23.1 Å². The molecule has 4 rings (SSSR count). The van der Waals surface area contributed by atoms with E-state index in [2.05, 4.69) is 25.5 Å². The Bertz CT molecular complexity index is 912. The number of aliphatic imine (C=N–C) groups is 1. The molecular formula is C15H12ClN5OS. The van der Waals surface area contributed by atoms with E-state index in [9.17, 15) is 4.79 Å². The molecule has 2 heterocycles. The number of amides is 1. The van der Waals surface area contributed by atoms with E-state index in [-0.39, 0.29) is 11.8 Å². The lowest BCUT2D eigenvalue weighted by molar-refractivity contribution is -0.117. The van der Waals surface area contributed by atoms with E-state index in [1.807, 2.05) is 18.2 Å². The van der Waals surface area contributed by atoms with Crippen LogP contribution in [0.5, 0.6) is 0 Å². The number of carbonyl (C=O) groups excluding carboxylic acids is 1. The van der Waals surface area contributed by atoms with Crippen molar-refractivity contribution >= 4 is 56.4 Å². The molecule has 1 saturated carbocycles. The van der Waals surface area contributed by atoms with Gasteiger partial charge in [-0.3, -0.25) is 9.89 Å². The minimum atomic E-state index is 0.0375. The maximum absolute atomic E-state index is 11.8. The topological polar surface area (TPSA) is 83.0 Å². The molecule has 23 heavy (non-hydrogen) atoms. The third-order valence-corrected chi connectivity index (χ3v) is 4.82. The number of benzene rings is 1. The Morgan fingerprint density at radius 3 is 3.04 bits per heavy atom. The molecule has 2 N–H and O–H groups in total. The lowest BCUT2D eigenvalue weighted by Crippen LogP contribution is -2.12. The second-order valence-electron chi connectivity index (χ2n) is 5.29. The van der Waals surface area contributed by atoms with Crippen molar-refractivity contribution in [1.29, 1.82) is 0 Å². The average molecular weight is 346 g/mol. The first-order chi connectivity index (χ1) is 11.2. The molecule has 0 bridgehead atoms. The van der Waals surface area contributed by atoms with Crippen LogP contribution in [0.25, 0.3) is 10.3 Å². The number of halogens is 1. The first kappa shape index (κ1) is 14.3. The number of fused-ring (bicyclic) bond motifs is 1. The lowest BCUT2D eigenvalue weighted by Gasteiger charge is -1.97. The van der Waals surface area contributed by atoms with Gasteiger partial charge in [-0.05, 0) is 18.9 Å². The van der Waals surface area contributed by atoms with Gasteiger partial charge >= 0.3 is 0 Å². The number of anilines is 1. The minimum absolute atomic E-state index is 0.0375. The Labute approximate surface area is 140 Å². The third-order valence-electron chi connectivity index (χ3n) is 3.51. The van der Waals surface area contributed by atoms with Crippen LogP contribution in [0, 0.1) is 5.92 Å². The van der Waals surface area contributed by atoms with Gasteiger partial charge < -0.3 is 5.32 Å². The number of rotatable bonds is 4. The zero-order chi connectivity index (χ0) is 15.8. The summed E-state index contributed by atoms with van der Waals surface area (Å²) in [6.07, 6.45) is 3.59. The van der Waals surface area contributed by atoms with Crippen LogP contribution >= 0.6 is 22.9 Å². The second-order valence-corrected chi connectivity index (χ2v) is 6.69. The third kappa shape index (κ3) is 2.97. The zero-order valence-corrected chi connectivity index (χ0v) is 13.5. The summed E-state index contributed by atoms with van der Waals surface area (Å²) < 4.78 is 0.805. The Morgan fingerprint density at radius 2 is 2.26 bits per heavy atom. The summed E-state index contributed by atoms with van der Waals surface area (Å²) in [5.41, 5.74) is 1.43. The predicted octanol–water partition coefficient (Wildman–Crippen LogP) is 3.77. The Kier molecular flexibility index (Phi) is 3.59. The van der Waals surface area contributed by atoms with Gasteiger partial charge in [0.1, 0.15) is 4.70 Å². The highest BCUT2D eigenvalue weighted by atomic mass is 35.5. The van der Waals surface area contributed by atoms with Crippen molar-refractivity contribution in [3.63, 3.8) is 0 Å². The van der Waals surface area contributed by atoms with Crippen LogP contribution in [0.3, 0.4) is 0 Å². The fraction of sp³-hybridized carbons (Fsp3) is 0.200. The molecule has 3 aromatic rings. The molecule has 1 aliphatic rings. The van der Waals surface area contributed by atoms with Gasteiger partial charge in [-0.1, -0.05) is 41.1 Å². The van der Waals surface area contributed by atoms with Crippen molar-refractivity contribution in [2.75, 3.05) is 5.32 Å². The zero-order valence-electron chi connectivity index (χ0n) is 11.9. The molecule has 6 nitrogen and oxygen atoms in total. The van der Waals surface area contributed by atoms with E-state index < -0.39 is 0 Å². The number of aromatic amines is 1. The summed E-state index contributed by atoms with van der Waals surface area (Å²) >= 11 is 7.46. The summed E-state index contributed by atoms with van der Waals surface area (Å²) in [6, 6.07) is 7.45. The van der Waals surface area contributed by atoms with Crippen molar-refractivity contribution in [3.05, 3.63) is 34.9 Å². The highest BCUT2D eigenvalue weighted by Gasteiger charge is 2.30. The van der Waals surface area contributed by atoms with Crippen molar-refractivity contribution < 1.29 is 4.79 Å². The van der Waals surface area contributed by atoms with Crippen LogP contribution in [0.2, 0.25) is 5.02 Å². The molecule has 1 aliphatic carbocycles. The van der Waals surface area contributed by atoms with Crippen LogP contribution < -0.4 is 5.32 Å². The quantitative estimate of drug-likeness (QED) is 0.706.